The first-order valence-corrected chi connectivity index (χ1v) is 8.41. The molecule has 0 aliphatic heterocycles. The summed E-state index contributed by atoms with van der Waals surface area (Å²) in [5, 5.41) is 2.78. The normalized spacial score (nSPS) is 10.9. The number of halogens is 2. The van der Waals surface area contributed by atoms with E-state index in [1.54, 1.807) is 35.0 Å². The number of amides is 1. The molecule has 0 radical (unpaired) electrons. The molecule has 0 spiro atoms. The Hall–Kier alpha value is -2.21. The predicted octanol–water partition coefficient (Wildman–Crippen LogP) is 3.36. The zero-order valence-corrected chi connectivity index (χ0v) is 14.6. The van der Waals surface area contributed by atoms with Gasteiger partial charge in [0.1, 0.15) is 5.82 Å². The highest BCUT2D eigenvalue weighted by molar-refractivity contribution is 9.10. The molecule has 126 valence electrons. The quantitative estimate of drug-likeness (QED) is 0.580. The third kappa shape index (κ3) is 6.12. The van der Waals surface area contributed by atoms with E-state index in [1.165, 1.54) is 24.3 Å². The number of nitrogens with zero attached hydrogens (tertiary/aromatic N) is 1. The third-order valence-electron chi connectivity index (χ3n) is 3.37. The summed E-state index contributed by atoms with van der Waals surface area (Å²) in [6.45, 7) is 1.15. The van der Waals surface area contributed by atoms with Gasteiger partial charge in [0.05, 0.1) is 0 Å². The standard InChI is InChI=1S/C18H18BrFN2O2/c19-15-6-10-18(24)22(13-15)12-2-1-11-21-17(23)9-5-14-3-7-16(20)8-4-14/h3-10,13H,1-2,11-12H2,(H,21,23)/b9-5+. The molecular weight excluding hydrogens is 375 g/mol. The lowest BCUT2D eigenvalue weighted by Crippen LogP contribution is -2.23. The van der Waals surface area contributed by atoms with Crippen LogP contribution in [0.3, 0.4) is 0 Å². The Labute approximate surface area is 148 Å². The molecule has 0 unspecified atom stereocenters. The summed E-state index contributed by atoms with van der Waals surface area (Å²) in [5.74, 6) is -0.500. The number of benzene rings is 1. The van der Waals surface area contributed by atoms with Gasteiger partial charge in [-0.3, -0.25) is 9.59 Å². The van der Waals surface area contributed by atoms with E-state index >= 15 is 0 Å². The summed E-state index contributed by atoms with van der Waals surface area (Å²) >= 11 is 3.33. The molecule has 0 bridgehead atoms. The molecule has 2 aromatic rings. The van der Waals surface area contributed by atoms with Crippen LogP contribution in [0.2, 0.25) is 0 Å². The Morgan fingerprint density at radius 3 is 2.67 bits per heavy atom. The Balaban J connectivity index is 1.68. The summed E-state index contributed by atoms with van der Waals surface area (Å²) in [6.07, 6.45) is 6.38. The molecule has 4 nitrogen and oxygen atoms in total. The average Bonchev–Trinajstić information content (AvgIpc) is 2.57. The minimum Gasteiger partial charge on any atom is -0.353 e. The van der Waals surface area contributed by atoms with Crippen LogP contribution >= 0.6 is 15.9 Å². The first kappa shape index (κ1) is 18.1. The lowest BCUT2D eigenvalue weighted by atomic mass is 10.2. The number of aryl methyl sites for hydroxylation is 1. The van der Waals surface area contributed by atoms with Gasteiger partial charge in [0.15, 0.2) is 0 Å². The number of rotatable bonds is 7. The Bertz CT molecular complexity index is 769. The number of aromatic nitrogens is 1. The van der Waals surface area contributed by atoms with Crippen LogP contribution in [0.1, 0.15) is 18.4 Å². The summed E-state index contributed by atoms with van der Waals surface area (Å²) < 4.78 is 15.3. The van der Waals surface area contributed by atoms with Crippen molar-refractivity contribution in [3.63, 3.8) is 0 Å². The van der Waals surface area contributed by atoms with E-state index in [4.69, 9.17) is 0 Å². The van der Waals surface area contributed by atoms with Crippen LogP contribution in [0.15, 0.2) is 57.9 Å². The van der Waals surface area contributed by atoms with E-state index in [0.717, 1.165) is 22.9 Å². The van der Waals surface area contributed by atoms with Crippen molar-refractivity contribution in [3.05, 3.63) is 74.9 Å². The first-order chi connectivity index (χ1) is 11.5. The van der Waals surface area contributed by atoms with E-state index in [9.17, 15) is 14.0 Å². The second-order valence-electron chi connectivity index (χ2n) is 5.26. The second-order valence-corrected chi connectivity index (χ2v) is 6.18. The number of pyridine rings is 1. The zero-order chi connectivity index (χ0) is 17.4. The van der Waals surface area contributed by atoms with Gasteiger partial charge in [-0.15, -0.1) is 0 Å². The highest BCUT2D eigenvalue weighted by Crippen LogP contribution is 2.06. The van der Waals surface area contributed by atoms with Gasteiger partial charge in [-0.25, -0.2) is 4.39 Å². The van der Waals surface area contributed by atoms with Crippen LogP contribution < -0.4 is 10.9 Å². The molecule has 1 aromatic carbocycles. The van der Waals surface area contributed by atoms with Gasteiger partial charge < -0.3 is 9.88 Å². The molecule has 1 aromatic heterocycles. The highest BCUT2D eigenvalue weighted by Gasteiger charge is 1.99. The van der Waals surface area contributed by atoms with Gasteiger partial charge in [-0.1, -0.05) is 12.1 Å². The molecule has 0 aliphatic carbocycles. The first-order valence-electron chi connectivity index (χ1n) is 7.62. The van der Waals surface area contributed by atoms with Crippen LogP contribution in [-0.2, 0) is 11.3 Å². The monoisotopic (exact) mass is 392 g/mol. The maximum absolute atomic E-state index is 12.8. The fourth-order valence-corrected chi connectivity index (χ4v) is 2.48. The van der Waals surface area contributed by atoms with Gasteiger partial charge in [-0.05, 0) is 58.6 Å². The van der Waals surface area contributed by atoms with Crippen LogP contribution in [-0.4, -0.2) is 17.0 Å². The molecule has 1 heterocycles. The fourth-order valence-electron chi connectivity index (χ4n) is 2.10. The molecule has 0 aliphatic rings. The summed E-state index contributed by atoms with van der Waals surface area (Å²) in [6, 6.07) is 9.14. The molecule has 1 amide bonds. The van der Waals surface area contributed by atoms with Crippen molar-refractivity contribution in [3.8, 4) is 0 Å². The number of hydrogen-bond acceptors (Lipinski definition) is 2. The van der Waals surface area contributed by atoms with Crippen molar-refractivity contribution in [2.75, 3.05) is 6.54 Å². The van der Waals surface area contributed by atoms with Crippen molar-refractivity contribution in [2.45, 2.75) is 19.4 Å². The molecule has 2 rings (SSSR count). The maximum atomic E-state index is 12.8. The van der Waals surface area contributed by atoms with Gasteiger partial charge in [0, 0.05) is 35.9 Å². The lowest BCUT2D eigenvalue weighted by Gasteiger charge is -2.06. The zero-order valence-electron chi connectivity index (χ0n) is 13.0. The van der Waals surface area contributed by atoms with Crippen LogP contribution in [0.5, 0.6) is 0 Å². The topological polar surface area (TPSA) is 51.1 Å². The fraction of sp³-hybridized carbons (Fsp3) is 0.222. The molecule has 0 atom stereocenters. The molecule has 24 heavy (non-hydrogen) atoms. The largest absolute Gasteiger partial charge is 0.353 e. The minimum absolute atomic E-state index is 0.0375. The Morgan fingerprint density at radius 1 is 1.17 bits per heavy atom. The maximum Gasteiger partial charge on any atom is 0.250 e. The summed E-state index contributed by atoms with van der Waals surface area (Å²) in [4.78, 5) is 23.3. The molecule has 0 saturated heterocycles. The van der Waals surface area contributed by atoms with Crippen molar-refractivity contribution in [1.29, 1.82) is 0 Å². The van der Waals surface area contributed by atoms with Crippen molar-refractivity contribution in [2.24, 2.45) is 0 Å². The number of nitrogens with one attached hydrogen (secondary N) is 1. The number of carbonyl (C=O) groups is 1. The lowest BCUT2D eigenvalue weighted by molar-refractivity contribution is -0.116. The Morgan fingerprint density at radius 2 is 1.92 bits per heavy atom. The van der Waals surface area contributed by atoms with E-state index in [1.807, 2.05) is 0 Å². The van der Waals surface area contributed by atoms with E-state index in [2.05, 4.69) is 21.2 Å². The van der Waals surface area contributed by atoms with E-state index < -0.39 is 0 Å². The molecule has 6 heteroatoms. The Kier molecular flexibility index (Phi) is 6.93. The molecule has 0 fully saturated rings. The SMILES string of the molecule is O=C(/C=C/c1ccc(F)cc1)NCCCCn1cc(Br)ccc1=O. The van der Waals surface area contributed by atoms with Crippen LogP contribution in [0.4, 0.5) is 4.39 Å². The third-order valence-corrected chi connectivity index (χ3v) is 3.84. The summed E-state index contributed by atoms with van der Waals surface area (Å²) in [5.41, 5.74) is 0.727. The number of hydrogen-bond donors (Lipinski definition) is 1. The minimum atomic E-state index is -0.304. The second kappa shape index (κ2) is 9.17. The van der Waals surface area contributed by atoms with Crippen molar-refractivity contribution in [1.82, 2.24) is 9.88 Å². The van der Waals surface area contributed by atoms with Crippen LogP contribution in [0, 0.1) is 5.82 Å². The van der Waals surface area contributed by atoms with Gasteiger partial charge >= 0.3 is 0 Å². The number of unbranched alkanes of at least 4 members (excludes halogenated alkanes) is 1. The van der Waals surface area contributed by atoms with Crippen LogP contribution in [0.25, 0.3) is 6.08 Å². The van der Waals surface area contributed by atoms with E-state index in [0.29, 0.717) is 13.1 Å². The molecule has 1 N–H and O–H groups in total. The van der Waals surface area contributed by atoms with Gasteiger partial charge in [-0.2, -0.15) is 0 Å². The van der Waals surface area contributed by atoms with E-state index in [-0.39, 0.29) is 17.3 Å². The van der Waals surface area contributed by atoms with Gasteiger partial charge in [0.25, 0.3) is 5.56 Å². The smallest absolute Gasteiger partial charge is 0.250 e. The molecule has 0 saturated carbocycles. The van der Waals surface area contributed by atoms with Crippen molar-refractivity contribution < 1.29 is 9.18 Å². The van der Waals surface area contributed by atoms with Crippen molar-refractivity contribution >= 4 is 27.9 Å². The average molecular weight is 393 g/mol. The molecular formula is C18H18BrFN2O2. The summed E-state index contributed by atoms with van der Waals surface area (Å²) in [7, 11) is 0. The van der Waals surface area contributed by atoms with Gasteiger partial charge in [0.2, 0.25) is 5.91 Å². The number of carbonyl (C=O) groups excluding carboxylic acids is 1. The predicted molar refractivity (Wildman–Crippen MR) is 96.1 cm³/mol. The highest BCUT2D eigenvalue weighted by atomic mass is 79.9.